The molecule has 0 saturated heterocycles. The lowest BCUT2D eigenvalue weighted by molar-refractivity contribution is -0.152. The van der Waals surface area contributed by atoms with Crippen molar-refractivity contribution in [2.75, 3.05) is 19.8 Å². The second-order valence-corrected chi connectivity index (χ2v) is 3.88. The van der Waals surface area contributed by atoms with Crippen LogP contribution >= 0.6 is 0 Å². The van der Waals surface area contributed by atoms with Crippen LogP contribution < -0.4 is 0 Å². The highest BCUT2D eigenvalue weighted by Gasteiger charge is 2.19. The van der Waals surface area contributed by atoms with Crippen LogP contribution in [0.5, 0.6) is 0 Å². The molecule has 0 aliphatic carbocycles. The molecule has 0 saturated carbocycles. The summed E-state index contributed by atoms with van der Waals surface area (Å²) in [5.74, 6) is -1.83. The van der Waals surface area contributed by atoms with Gasteiger partial charge in [-0.25, -0.2) is 9.59 Å². The summed E-state index contributed by atoms with van der Waals surface area (Å²) in [6.07, 6.45) is -0.143. The van der Waals surface area contributed by atoms with Gasteiger partial charge in [-0.05, 0) is 27.7 Å². The molecule has 0 radical (unpaired) electrons. The average Bonchev–Trinajstić information content (AvgIpc) is 2.43. The molecule has 1 atom stereocenters. The fourth-order valence-electron chi connectivity index (χ4n) is 1.25. The summed E-state index contributed by atoms with van der Waals surface area (Å²) in [5.41, 5.74) is -0.0218. The maximum Gasteiger partial charge on any atom is 0.346 e. The summed E-state index contributed by atoms with van der Waals surface area (Å²) < 4.78 is 19.5. The van der Waals surface area contributed by atoms with E-state index >= 15 is 0 Å². The van der Waals surface area contributed by atoms with Crippen LogP contribution in [0.4, 0.5) is 0 Å². The van der Waals surface area contributed by atoms with Crippen molar-refractivity contribution in [2.45, 2.75) is 40.2 Å². The van der Waals surface area contributed by atoms with Gasteiger partial charge < -0.3 is 18.9 Å². The van der Waals surface area contributed by atoms with Crippen LogP contribution in [0, 0.1) is 0 Å². The van der Waals surface area contributed by atoms with Crippen LogP contribution in [-0.2, 0) is 33.3 Å². The van der Waals surface area contributed by atoms with E-state index in [0.717, 1.165) is 6.26 Å². The molecule has 0 rings (SSSR count). The molecule has 7 heteroatoms. The Bertz CT molecular complexity index is 387. The molecule has 21 heavy (non-hydrogen) atoms. The molecule has 0 bridgehead atoms. The lowest BCUT2D eigenvalue weighted by Crippen LogP contribution is -2.22. The van der Waals surface area contributed by atoms with E-state index in [-0.39, 0.29) is 31.8 Å². The first-order valence-corrected chi connectivity index (χ1v) is 6.80. The quantitative estimate of drug-likeness (QED) is 0.275. The van der Waals surface area contributed by atoms with E-state index in [4.69, 9.17) is 18.9 Å². The second-order valence-electron chi connectivity index (χ2n) is 3.88. The van der Waals surface area contributed by atoms with Gasteiger partial charge in [-0.3, -0.25) is 4.79 Å². The molecule has 0 aromatic rings. The lowest BCUT2D eigenvalue weighted by atomic mass is 10.2. The number of ether oxygens (including phenoxy) is 4. The van der Waals surface area contributed by atoms with Crippen LogP contribution in [0.3, 0.4) is 0 Å². The largest absolute Gasteiger partial charge is 0.486 e. The number of hydrogen-bond acceptors (Lipinski definition) is 7. The molecule has 0 amide bonds. The number of rotatable bonds is 9. The zero-order valence-corrected chi connectivity index (χ0v) is 12.8. The van der Waals surface area contributed by atoms with E-state index in [1.165, 1.54) is 6.92 Å². The summed E-state index contributed by atoms with van der Waals surface area (Å²) in [6, 6.07) is 0. The van der Waals surface area contributed by atoms with Gasteiger partial charge in [-0.1, -0.05) is 0 Å². The molecule has 0 aliphatic rings. The van der Waals surface area contributed by atoms with Crippen LogP contribution in [0.25, 0.3) is 0 Å². The van der Waals surface area contributed by atoms with Gasteiger partial charge in [0.15, 0.2) is 6.10 Å². The van der Waals surface area contributed by atoms with Crippen molar-refractivity contribution >= 4 is 17.9 Å². The smallest absolute Gasteiger partial charge is 0.346 e. The van der Waals surface area contributed by atoms with Gasteiger partial charge >= 0.3 is 17.9 Å². The van der Waals surface area contributed by atoms with Crippen LogP contribution in [0.1, 0.15) is 34.1 Å². The van der Waals surface area contributed by atoms with E-state index in [1.807, 2.05) is 0 Å². The summed E-state index contributed by atoms with van der Waals surface area (Å²) >= 11 is 0. The molecule has 0 N–H and O–H groups in total. The molecule has 0 aromatic carbocycles. The summed E-state index contributed by atoms with van der Waals surface area (Å²) in [5, 5.41) is 0. The Balaban J connectivity index is 4.77. The molecule has 120 valence electrons. The zero-order valence-electron chi connectivity index (χ0n) is 12.8. The number of esters is 3. The Morgan fingerprint density at radius 2 is 1.52 bits per heavy atom. The third-order valence-electron chi connectivity index (χ3n) is 2.21. The lowest BCUT2D eigenvalue weighted by Gasteiger charge is -2.12. The standard InChI is InChI=1S/C14H22O7/c1-5-18-12(15)8-11(14(17)20-7-3)9-21-10(4)13(16)19-6-2/h9-10H,5-8H2,1-4H3/b11-9+/t10-/m1/s1. The average molecular weight is 302 g/mol. The Hall–Kier alpha value is -2.05. The van der Waals surface area contributed by atoms with E-state index < -0.39 is 24.0 Å². The topological polar surface area (TPSA) is 88.1 Å². The minimum atomic E-state index is -0.892. The molecule has 0 spiro atoms. The molecular weight excluding hydrogens is 280 g/mol. The maximum absolute atomic E-state index is 11.7. The fraction of sp³-hybridized carbons (Fsp3) is 0.643. The van der Waals surface area contributed by atoms with Gasteiger partial charge in [0.05, 0.1) is 38.1 Å². The Kier molecular flexibility index (Phi) is 9.66. The van der Waals surface area contributed by atoms with Crippen LogP contribution in [0.15, 0.2) is 11.8 Å². The van der Waals surface area contributed by atoms with Crippen LogP contribution in [0.2, 0.25) is 0 Å². The van der Waals surface area contributed by atoms with Crippen molar-refractivity contribution < 1.29 is 33.3 Å². The van der Waals surface area contributed by atoms with Gasteiger partial charge in [0.1, 0.15) is 0 Å². The van der Waals surface area contributed by atoms with Crippen molar-refractivity contribution in [3.05, 3.63) is 11.8 Å². The van der Waals surface area contributed by atoms with Gasteiger partial charge in [0, 0.05) is 0 Å². The first-order chi connectivity index (χ1) is 9.96. The summed E-state index contributed by atoms with van der Waals surface area (Å²) in [6.45, 7) is 7.03. The molecule has 0 fully saturated rings. The molecule has 0 heterocycles. The third kappa shape index (κ3) is 7.96. The van der Waals surface area contributed by atoms with Crippen molar-refractivity contribution in [1.29, 1.82) is 0 Å². The van der Waals surface area contributed by atoms with E-state index in [9.17, 15) is 14.4 Å². The van der Waals surface area contributed by atoms with E-state index in [1.54, 1.807) is 20.8 Å². The SMILES string of the molecule is CCOC(=O)C/C(=C\O[C@H](C)C(=O)OCC)C(=O)OCC. The Morgan fingerprint density at radius 3 is 2.05 bits per heavy atom. The number of carbonyl (C=O) groups is 3. The Labute approximate surface area is 124 Å². The third-order valence-corrected chi connectivity index (χ3v) is 2.21. The van der Waals surface area contributed by atoms with Crippen molar-refractivity contribution in [2.24, 2.45) is 0 Å². The maximum atomic E-state index is 11.7. The van der Waals surface area contributed by atoms with Gasteiger partial charge in [0.2, 0.25) is 0 Å². The molecule has 0 aliphatic heterocycles. The van der Waals surface area contributed by atoms with Crippen LogP contribution in [-0.4, -0.2) is 43.8 Å². The van der Waals surface area contributed by atoms with Crippen molar-refractivity contribution in [1.82, 2.24) is 0 Å². The highest BCUT2D eigenvalue weighted by Crippen LogP contribution is 2.08. The van der Waals surface area contributed by atoms with Gasteiger partial charge in [-0.2, -0.15) is 0 Å². The van der Waals surface area contributed by atoms with Crippen molar-refractivity contribution in [3.63, 3.8) is 0 Å². The molecule has 7 nitrogen and oxygen atoms in total. The van der Waals surface area contributed by atoms with Gasteiger partial charge in [0.25, 0.3) is 0 Å². The molecular formula is C14H22O7. The monoisotopic (exact) mass is 302 g/mol. The number of hydrogen-bond donors (Lipinski definition) is 0. The summed E-state index contributed by atoms with van der Waals surface area (Å²) in [7, 11) is 0. The summed E-state index contributed by atoms with van der Waals surface area (Å²) in [4.78, 5) is 34.5. The van der Waals surface area contributed by atoms with Crippen molar-refractivity contribution in [3.8, 4) is 0 Å². The normalized spacial score (nSPS) is 12.3. The first kappa shape index (κ1) is 18.9. The minimum absolute atomic E-state index is 0.0218. The van der Waals surface area contributed by atoms with E-state index in [2.05, 4.69) is 0 Å². The number of carbonyl (C=O) groups excluding carboxylic acids is 3. The van der Waals surface area contributed by atoms with E-state index in [0.29, 0.717) is 0 Å². The fourth-order valence-corrected chi connectivity index (χ4v) is 1.25. The highest BCUT2D eigenvalue weighted by atomic mass is 16.6. The zero-order chi connectivity index (χ0) is 16.3. The molecule has 0 aromatic heterocycles. The Morgan fingerprint density at radius 1 is 0.952 bits per heavy atom. The second kappa shape index (κ2) is 10.7. The van der Waals surface area contributed by atoms with Gasteiger partial charge in [-0.15, -0.1) is 0 Å². The predicted octanol–water partition coefficient (Wildman–Crippen LogP) is 1.35. The molecule has 0 unspecified atom stereocenters. The minimum Gasteiger partial charge on any atom is -0.486 e. The first-order valence-electron chi connectivity index (χ1n) is 6.80. The predicted molar refractivity (Wildman–Crippen MR) is 73.1 cm³/mol. The highest BCUT2D eigenvalue weighted by molar-refractivity contribution is 5.93.